The number of imide groups is 1. The summed E-state index contributed by atoms with van der Waals surface area (Å²) in [7, 11) is 1.53. The Morgan fingerprint density at radius 2 is 1.77 bits per heavy atom. The first-order valence-electron chi connectivity index (χ1n) is 10.2. The highest BCUT2D eigenvalue weighted by Crippen LogP contribution is 2.40. The van der Waals surface area contributed by atoms with Gasteiger partial charge in [-0.3, -0.25) is 14.5 Å². The molecule has 1 fully saturated rings. The molecule has 180 valence electrons. The molecule has 0 bridgehead atoms. The molecular formula is C25H17Br2Cl2NO4S. The van der Waals surface area contributed by atoms with Crippen LogP contribution in [-0.4, -0.2) is 23.2 Å². The number of ether oxygens (including phenoxy) is 2. The first kappa shape index (κ1) is 26.1. The zero-order valence-electron chi connectivity index (χ0n) is 18.2. The van der Waals surface area contributed by atoms with Gasteiger partial charge < -0.3 is 9.47 Å². The van der Waals surface area contributed by atoms with Crippen LogP contribution in [-0.2, 0) is 17.9 Å². The van der Waals surface area contributed by atoms with Gasteiger partial charge in [-0.15, -0.1) is 0 Å². The van der Waals surface area contributed by atoms with Crippen LogP contribution in [0.3, 0.4) is 0 Å². The molecule has 0 spiro atoms. The number of thioether (sulfide) groups is 1. The lowest BCUT2D eigenvalue weighted by Crippen LogP contribution is -2.27. The molecule has 35 heavy (non-hydrogen) atoms. The van der Waals surface area contributed by atoms with Crippen LogP contribution >= 0.6 is 66.8 Å². The molecule has 0 aliphatic carbocycles. The lowest BCUT2D eigenvalue weighted by Gasteiger charge is -2.14. The molecular weight excluding hydrogens is 641 g/mol. The molecule has 1 aliphatic heterocycles. The first-order chi connectivity index (χ1) is 16.7. The fraction of sp³-hybridized carbons (Fsp3) is 0.120. The number of methoxy groups -OCH3 is 1. The number of rotatable bonds is 7. The number of hydrogen-bond acceptors (Lipinski definition) is 5. The summed E-state index contributed by atoms with van der Waals surface area (Å²) < 4.78 is 13.0. The minimum atomic E-state index is -0.337. The average Bonchev–Trinajstić information content (AvgIpc) is 3.07. The lowest BCUT2D eigenvalue weighted by molar-refractivity contribution is -0.123. The summed E-state index contributed by atoms with van der Waals surface area (Å²) in [5.41, 5.74) is 2.32. The molecule has 2 amide bonds. The Balaban J connectivity index is 1.53. The maximum atomic E-state index is 12.9. The summed E-state index contributed by atoms with van der Waals surface area (Å²) in [6, 6.07) is 16.2. The molecule has 0 radical (unpaired) electrons. The van der Waals surface area contributed by atoms with Crippen molar-refractivity contribution in [3.8, 4) is 11.5 Å². The molecule has 0 saturated carbocycles. The molecule has 0 aromatic heterocycles. The van der Waals surface area contributed by atoms with Gasteiger partial charge in [0.05, 0.1) is 23.0 Å². The van der Waals surface area contributed by atoms with E-state index in [1.54, 1.807) is 36.4 Å². The molecule has 4 rings (SSSR count). The monoisotopic (exact) mass is 655 g/mol. The summed E-state index contributed by atoms with van der Waals surface area (Å²) in [6.45, 7) is 0.418. The molecule has 1 heterocycles. The number of halogens is 4. The molecule has 5 nitrogen and oxygen atoms in total. The van der Waals surface area contributed by atoms with Crippen LogP contribution in [0.15, 0.2) is 68.4 Å². The van der Waals surface area contributed by atoms with E-state index in [0.717, 1.165) is 27.4 Å². The molecule has 0 unspecified atom stereocenters. The fourth-order valence-electron chi connectivity index (χ4n) is 3.31. The second kappa shape index (κ2) is 11.4. The van der Waals surface area contributed by atoms with Crippen molar-refractivity contribution in [2.75, 3.05) is 7.11 Å². The topological polar surface area (TPSA) is 55.8 Å². The van der Waals surface area contributed by atoms with E-state index in [1.165, 1.54) is 12.0 Å². The van der Waals surface area contributed by atoms with Gasteiger partial charge in [0.2, 0.25) is 0 Å². The predicted molar refractivity (Wildman–Crippen MR) is 147 cm³/mol. The third-order valence-electron chi connectivity index (χ3n) is 5.06. The molecule has 10 heteroatoms. The van der Waals surface area contributed by atoms with Crippen LogP contribution in [0.5, 0.6) is 11.5 Å². The smallest absolute Gasteiger partial charge is 0.293 e. The normalized spacial score (nSPS) is 14.7. The van der Waals surface area contributed by atoms with Gasteiger partial charge in [-0.25, -0.2) is 0 Å². The highest BCUT2D eigenvalue weighted by molar-refractivity contribution is 9.10. The van der Waals surface area contributed by atoms with Gasteiger partial charge in [-0.1, -0.05) is 57.3 Å². The number of amides is 2. The number of hydrogen-bond donors (Lipinski definition) is 0. The van der Waals surface area contributed by atoms with Gasteiger partial charge in [0.25, 0.3) is 11.1 Å². The van der Waals surface area contributed by atoms with E-state index in [4.69, 9.17) is 32.7 Å². The van der Waals surface area contributed by atoms with Gasteiger partial charge in [0.1, 0.15) is 6.61 Å². The number of carbonyl (C=O) groups is 2. The lowest BCUT2D eigenvalue weighted by atomic mass is 10.1. The Labute approximate surface area is 233 Å². The van der Waals surface area contributed by atoms with Crippen LogP contribution in [0.1, 0.15) is 16.7 Å². The van der Waals surface area contributed by atoms with E-state index in [-0.39, 0.29) is 24.3 Å². The minimum Gasteiger partial charge on any atom is -0.493 e. The van der Waals surface area contributed by atoms with Crippen molar-refractivity contribution in [1.82, 2.24) is 4.90 Å². The molecule has 3 aromatic rings. The summed E-state index contributed by atoms with van der Waals surface area (Å²) in [4.78, 5) is 27.0. The molecule has 1 aliphatic rings. The van der Waals surface area contributed by atoms with E-state index >= 15 is 0 Å². The van der Waals surface area contributed by atoms with Crippen LogP contribution in [0.25, 0.3) is 6.08 Å². The van der Waals surface area contributed by atoms with Crippen molar-refractivity contribution >= 4 is 84.0 Å². The van der Waals surface area contributed by atoms with Crippen molar-refractivity contribution in [2.24, 2.45) is 0 Å². The Kier molecular flexibility index (Phi) is 8.50. The number of benzene rings is 3. The zero-order chi connectivity index (χ0) is 25.1. The second-order valence-corrected chi connectivity index (χ2v) is 11.1. The Morgan fingerprint density at radius 3 is 2.46 bits per heavy atom. The van der Waals surface area contributed by atoms with Gasteiger partial charge in [0, 0.05) is 20.1 Å². The van der Waals surface area contributed by atoms with Crippen molar-refractivity contribution in [3.05, 3.63) is 95.2 Å². The standard InChI is InChI=1S/C25H17Br2Cl2NO4S/c1-33-21-9-15(8-19(27)23(21)34-13-16-4-7-18(28)11-20(16)29)10-22-24(31)30(25(32)35-22)12-14-2-5-17(26)6-3-14/h2-11H,12-13H2,1H3/b22-10-. The number of nitrogens with zero attached hydrogens (tertiary/aromatic N) is 1. The van der Waals surface area contributed by atoms with Crippen molar-refractivity contribution < 1.29 is 19.1 Å². The van der Waals surface area contributed by atoms with Crippen LogP contribution < -0.4 is 9.47 Å². The summed E-state index contributed by atoms with van der Waals surface area (Å²) in [5.74, 6) is 0.611. The third kappa shape index (κ3) is 6.24. The average molecular weight is 658 g/mol. The largest absolute Gasteiger partial charge is 0.493 e. The van der Waals surface area contributed by atoms with Crippen molar-refractivity contribution in [1.29, 1.82) is 0 Å². The maximum absolute atomic E-state index is 12.9. The third-order valence-corrected chi connectivity index (χ3v) is 7.68. The zero-order valence-corrected chi connectivity index (χ0v) is 23.7. The first-order valence-corrected chi connectivity index (χ1v) is 13.3. The van der Waals surface area contributed by atoms with E-state index in [2.05, 4.69) is 31.9 Å². The van der Waals surface area contributed by atoms with E-state index in [0.29, 0.717) is 36.5 Å². The van der Waals surface area contributed by atoms with Crippen molar-refractivity contribution in [3.63, 3.8) is 0 Å². The van der Waals surface area contributed by atoms with Crippen molar-refractivity contribution in [2.45, 2.75) is 13.2 Å². The Morgan fingerprint density at radius 1 is 1.03 bits per heavy atom. The van der Waals surface area contributed by atoms with E-state index in [9.17, 15) is 9.59 Å². The van der Waals surface area contributed by atoms with Crippen LogP contribution in [0, 0.1) is 0 Å². The highest BCUT2D eigenvalue weighted by atomic mass is 79.9. The SMILES string of the molecule is COc1cc(/C=C2\SC(=O)N(Cc3ccc(Br)cc3)C2=O)cc(Br)c1OCc1ccc(Cl)cc1Cl. The second-order valence-electron chi connectivity index (χ2n) is 7.45. The predicted octanol–water partition coefficient (Wildman–Crippen LogP) is 8.34. The summed E-state index contributed by atoms with van der Waals surface area (Å²) in [5, 5.41) is 0.737. The number of carbonyl (C=O) groups excluding carboxylic acids is 2. The molecule has 0 N–H and O–H groups in total. The fourth-order valence-corrected chi connectivity index (χ4v) is 5.45. The molecule has 0 atom stereocenters. The van der Waals surface area contributed by atoms with Gasteiger partial charge >= 0.3 is 0 Å². The van der Waals surface area contributed by atoms with Crippen LogP contribution in [0.2, 0.25) is 10.0 Å². The Bertz CT molecular complexity index is 1330. The minimum absolute atomic E-state index is 0.208. The Hall–Kier alpha value is -1.97. The highest BCUT2D eigenvalue weighted by Gasteiger charge is 2.35. The van der Waals surface area contributed by atoms with E-state index < -0.39 is 0 Å². The van der Waals surface area contributed by atoms with Gasteiger partial charge in [0.15, 0.2) is 11.5 Å². The van der Waals surface area contributed by atoms with Crippen LogP contribution in [0.4, 0.5) is 4.79 Å². The molecule has 1 saturated heterocycles. The quantitative estimate of drug-likeness (QED) is 0.239. The maximum Gasteiger partial charge on any atom is 0.293 e. The molecule has 3 aromatic carbocycles. The van der Waals surface area contributed by atoms with E-state index in [1.807, 2.05) is 24.3 Å². The van der Waals surface area contributed by atoms with Gasteiger partial charge in [-0.2, -0.15) is 0 Å². The summed E-state index contributed by atoms with van der Waals surface area (Å²) >= 11 is 20.0. The van der Waals surface area contributed by atoms with Gasteiger partial charge in [-0.05, 0) is 81.3 Å². The summed E-state index contributed by atoms with van der Waals surface area (Å²) in [6.07, 6.45) is 1.67.